The van der Waals surface area contributed by atoms with Crippen LogP contribution in [0.4, 0.5) is 0 Å². The Kier molecular flexibility index (Phi) is 2.74. The van der Waals surface area contributed by atoms with Gasteiger partial charge in [0.05, 0.1) is 22.8 Å². The highest BCUT2D eigenvalue weighted by molar-refractivity contribution is 7.90. The first kappa shape index (κ1) is 11.9. The maximum Gasteiger partial charge on any atom is 0.255 e. The van der Waals surface area contributed by atoms with E-state index < -0.39 is 9.84 Å². The van der Waals surface area contributed by atoms with Crippen molar-refractivity contribution in [2.24, 2.45) is 0 Å². The van der Waals surface area contributed by atoms with Crippen LogP contribution in [0.3, 0.4) is 0 Å². The van der Waals surface area contributed by atoms with Crippen LogP contribution in [0.15, 0.2) is 4.79 Å². The van der Waals surface area contributed by atoms with Crippen molar-refractivity contribution in [1.82, 2.24) is 15.3 Å². The van der Waals surface area contributed by atoms with Crippen molar-refractivity contribution in [3.05, 3.63) is 27.4 Å². The normalized spacial score (nSPS) is 22.9. The van der Waals surface area contributed by atoms with Gasteiger partial charge in [-0.1, -0.05) is 0 Å². The molecule has 0 spiro atoms. The van der Waals surface area contributed by atoms with Crippen molar-refractivity contribution >= 4 is 9.84 Å². The number of H-pyrrole nitrogens is 1. The fourth-order valence-corrected chi connectivity index (χ4v) is 4.09. The van der Waals surface area contributed by atoms with E-state index in [1.54, 1.807) is 0 Å². The lowest BCUT2D eigenvalue weighted by Crippen LogP contribution is -2.29. The van der Waals surface area contributed by atoms with Crippen LogP contribution in [0.2, 0.25) is 0 Å². The first-order chi connectivity index (χ1) is 8.55. The second-order valence-corrected chi connectivity index (χ2v) is 7.00. The summed E-state index contributed by atoms with van der Waals surface area (Å²) in [6.45, 7) is 1.81. The first-order valence-corrected chi connectivity index (χ1v) is 7.90. The quantitative estimate of drug-likeness (QED) is 0.728. The van der Waals surface area contributed by atoms with Crippen LogP contribution in [-0.2, 0) is 21.3 Å². The van der Waals surface area contributed by atoms with Gasteiger partial charge in [0, 0.05) is 5.92 Å². The third-order valence-corrected chi connectivity index (χ3v) is 5.01. The van der Waals surface area contributed by atoms with E-state index >= 15 is 0 Å². The number of piperidine rings is 1. The zero-order chi connectivity index (χ0) is 12.8. The van der Waals surface area contributed by atoms with E-state index in [9.17, 15) is 13.2 Å². The molecule has 2 aliphatic rings. The smallest absolute Gasteiger partial charge is 0.255 e. The molecular formula is C11H15N3O3S. The van der Waals surface area contributed by atoms with Gasteiger partial charge in [0.2, 0.25) is 0 Å². The van der Waals surface area contributed by atoms with Gasteiger partial charge < -0.3 is 10.3 Å². The van der Waals surface area contributed by atoms with Crippen molar-refractivity contribution in [3.63, 3.8) is 0 Å². The molecular weight excluding hydrogens is 254 g/mol. The van der Waals surface area contributed by atoms with Crippen LogP contribution in [0.5, 0.6) is 0 Å². The van der Waals surface area contributed by atoms with E-state index in [2.05, 4.69) is 15.3 Å². The van der Waals surface area contributed by atoms with E-state index in [4.69, 9.17) is 0 Å². The lowest BCUT2D eigenvalue weighted by Gasteiger charge is -2.21. The molecule has 0 atom stereocenters. The molecule has 0 saturated carbocycles. The average molecular weight is 269 g/mol. The highest BCUT2D eigenvalue weighted by Crippen LogP contribution is 2.25. The number of aromatic amines is 1. The maximum atomic E-state index is 11.9. The predicted octanol–water partition coefficient (Wildman–Crippen LogP) is -0.335. The molecule has 6 nitrogen and oxygen atoms in total. The average Bonchev–Trinajstić information content (AvgIpc) is 2.65. The number of rotatable bonds is 1. The molecule has 0 aliphatic carbocycles. The number of hydrogen-bond donors (Lipinski definition) is 2. The Morgan fingerprint density at radius 1 is 1.17 bits per heavy atom. The minimum absolute atomic E-state index is 0.0930. The Hall–Kier alpha value is -1.21. The number of nitrogens with zero attached hydrogens (tertiary/aromatic N) is 1. The third-order valence-electron chi connectivity index (χ3n) is 3.57. The van der Waals surface area contributed by atoms with Crippen molar-refractivity contribution in [3.8, 4) is 0 Å². The SMILES string of the molecule is O=c1[nH]c(C2CCNCC2)nc2c1CS(=O)(=O)C2. The summed E-state index contributed by atoms with van der Waals surface area (Å²) in [5.41, 5.74) is 0.495. The van der Waals surface area contributed by atoms with Gasteiger partial charge in [0.15, 0.2) is 9.84 Å². The van der Waals surface area contributed by atoms with Crippen molar-refractivity contribution in [2.45, 2.75) is 30.3 Å². The van der Waals surface area contributed by atoms with E-state index in [0.717, 1.165) is 25.9 Å². The predicted molar refractivity (Wildman–Crippen MR) is 66.0 cm³/mol. The molecule has 98 valence electrons. The van der Waals surface area contributed by atoms with Gasteiger partial charge in [-0.05, 0) is 25.9 Å². The summed E-state index contributed by atoms with van der Waals surface area (Å²) >= 11 is 0. The second-order valence-electron chi connectivity index (χ2n) is 4.93. The van der Waals surface area contributed by atoms with Crippen LogP contribution in [0.25, 0.3) is 0 Å². The Balaban J connectivity index is 2.00. The second kappa shape index (κ2) is 4.17. The van der Waals surface area contributed by atoms with Gasteiger partial charge >= 0.3 is 0 Å². The summed E-state index contributed by atoms with van der Waals surface area (Å²) in [7, 11) is -3.17. The molecule has 2 aliphatic heterocycles. The van der Waals surface area contributed by atoms with Gasteiger partial charge in [-0.15, -0.1) is 0 Å². The van der Waals surface area contributed by atoms with Crippen molar-refractivity contribution in [2.75, 3.05) is 13.1 Å². The summed E-state index contributed by atoms with van der Waals surface area (Å²) in [4.78, 5) is 19.0. The van der Waals surface area contributed by atoms with E-state index in [1.165, 1.54) is 0 Å². The third kappa shape index (κ3) is 2.08. The molecule has 0 amide bonds. The largest absolute Gasteiger partial charge is 0.317 e. The summed E-state index contributed by atoms with van der Waals surface area (Å²) in [6, 6.07) is 0. The van der Waals surface area contributed by atoms with Crippen LogP contribution in [-0.4, -0.2) is 31.5 Å². The number of aromatic nitrogens is 2. The Bertz CT molecular complexity index is 629. The van der Waals surface area contributed by atoms with Crippen LogP contribution < -0.4 is 10.9 Å². The number of nitrogens with one attached hydrogen (secondary N) is 2. The first-order valence-electron chi connectivity index (χ1n) is 6.08. The Labute approximate surface area is 105 Å². The van der Waals surface area contributed by atoms with E-state index in [1.807, 2.05) is 0 Å². The van der Waals surface area contributed by atoms with Gasteiger partial charge in [-0.2, -0.15) is 0 Å². The lowest BCUT2D eigenvalue weighted by molar-refractivity contribution is 0.443. The molecule has 0 unspecified atom stereocenters. The van der Waals surface area contributed by atoms with Crippen molar-refractivity contribution < 1.29 is 8.42 Å². The zero-order valence-corrected chi connectivity index (χ0v) is 10.7. The number of fused-ring (bicyclic) bond motifs is 1. The standard InChI is InChI=1S/C11H15N3O3S/c15-11-8-5-18(16,17)6-9(8)13-10(14-11)7-1-3-12-4-2-7/h7,12H,1-6H2,(H,13,14,15). The minimum Gasteiger partial charge on any atom is -0.317 e. The highest BCUT2D eigenvalue weighted by Gasteiger charge is 2.30. The Morgan fingerprint density at radius 3 is 2.61 bits per heavy atom. The minimum atomic E-state index is -3.17. The van der Waals surface area contributed by atoms with E-state index in [0.29, 0.717) is 17.1 Å². The molecule has 2 N–H and O–H groups in total. The maximum absolute atomic E-state index is 11.9. The molecule has 3 rings (SSSR count). The molecule has 0 aromatic carbocycles. The van der Waals surface area contributed by atoms with Gasteiger partial charge in [-0.3, -0.25) is 4.79 Å². The fourth-order valence-electron chi connectivity index (χ4n) is 2.60. The van der Waals surface area contributed by atoms with Crippen molar-refractivity contribution in [1.29, 1.82) is 0 Å². The molecule has 3 heterocycles. The van der Waals surface area contributed by atoms with Crippen LogP contribution in [0, 0.1) is 0 Å². The van der Waals surface area contributed by atoms with Gasteiger partial charge in [-0.25, -0.2) is 13.4 Å². The molecule has 0 radical (unpaired) electrons. The Morgan fingerprint density at radius 2 is 1.89 bits per heavy atom. The van der Waals surface area contributed by atoms with Crippen LogP contribution in [0.1, 0.15) is 35.8 Å². The monoisotopic (exact) mass is 269 g/mol. The fraction of sp³-hybridized carbons (Fsp3) is 0.636. The van der Waals surface area contributed by atoms with Crippen LogP contribution >= 0.6 is 0 Å². The van der Waals surface area contributed by atoms with Gasteiger partial charge in [0.25, 0.3) is 5.56 Å². The van der Waals surface area contributed by atoms with Gasteiger partial charge in [0.1, 0.15) is 5.82 Å². The zero-order valence-electron chi connectivity index (χ0n) is 9.90. The number of sulfone groups is 1. The molecule has 7 heteroatoms. The molecule has 1 aromatic rings. The summed E-state index contributed by atoms with van der Waals surface area (Å²) in [6.07, 6.45) is 1.85. The van der Waals surface area contributed by atoms with E-state index in [-0.39, 0.29) is 23.0 Å². The summed E-state index contributed by atoms with van der Waals surface area (Å²) in [5.74, 6) is 0.617. The molecule has 0 bridgehead atoms. The molecule has 1 aromatic heterocycles. The highest BCUT2D eigenvalue weighted by atomic mass is 32.2. The number of hydrogen-bond acceptors (Lipinski definition) is 5. The molecule has 1 fully saturated rings. The summed E-state index contributed by atoms with van der Waals surface area (Å²) in [5, 5.41) is 3.25. The topological polar surface area (TPSA) is 91.9 Å². The molecule has 1 saturated heterocycles. The molecule has 18 heavy (non-hydrogen) atoms. The lowest BCUT2D eigenvalue weighted by atomic mass is 9.97. The summed E-state index contributed by atoms with van der Waals surface area (Å²) < 4.78 is 23.0.